The van der Waals surface area contributed by atoms with Crippen molar-refractivity contribution in [3.8, 4) is 0 Å². The predicted octanol–water partition coefficient (Wildman–Crippen LogP) is 2.30. The highest BCUT2D eigenvalue weighted by atomic mass is 16.4. The fraction of sp³-hybridized carbons (Fsp3) is 0.462. The number of aromatic nitrogens is 1. The lowest BCUT2D eigenvalue weighted by Crippen LogP contribution is -2.16. The second-order valence-electron chi connectivity index (χ2n) is 4.64. The molecule has 1 aromatic rings. The SMILES string of the molecule is O=C(CC1CCCC1)Nc1ccc(C(=O)O)cn1. The van der Waals surface area contributed by atoms with E-state index < -0.39 is 5.97 Å². The summed E-state index contributed by atoms with van der Waals surface area (Å²) in [6, 6.07) is 2.94. The van der Waals surface area contributed by atoms with Crippen molar-refractivity contribution >= 4 is 17.7 Å². The third kappa shape index (κ3) is 3.29. The fourth-order valence-corrected chi connectivity index (χ4v) is 2.26. The molecule has 5 nitrogen and oxygen atoms in total. The maximum absolute atomic E-state index is 11.7. The summed E-state index contributed by atoms with van der Waals surface area (Å²) in [4.78, 5) is 26.3. The maximum atomic E-state index is 11.7. The van der Waals surface area contributed by atoms with Crippen molar-refractivity contribution in [3.05, 3.63) is 23.9 Å². The molecule has 2 rings (SSSR count). The van der Waals surface area contributed by atoms with Gasteiger partial charge in [-0.05, 0) is 30.9 Å². The summed E-state index contributed by atoms with van der Waals surface area (Å²) in [6.07, 6.45) is 6.44. The number of hydrogen-bond acceptors (Lipinski definition) is 3. The van der Waals surface area contributed by atoms with Crippen molar-refractivity contribution in [2.75, 3.05) is 5.32 Å². The van der Waals surface area contributed by atoms with E-state index in [4.69, 9.17) is 5.11 Å². The van der Waals surface area contributed by atoms with Gasteiger partial charge in [0.05, 0.1) is 5.56 Å². The van der Waals surface area contributed by atoms with E-state index in [1.807, 2.05) is 0 Å². The Hall–Kier alpha value is -1.91. The van der Waals surface area contributed by atoms with Crippen LogP contribution in [0.4, 0.5) is 5.82 Å². The molecule has 1 heterocycles. The number of carboxylic acid groups (broad SMARTS) is 1. The Morgan fingerprint density at radius 2 is 2.06 bits per heavy atom. The summed E-state index contributed by atoms with van der Waals surface area (Å²) in [5.74, 6) is -0.171. The number of rotatable bonds is 4. The van der Waals surface area contributed by atoms with Gasteiger partial charge in [0.25, 0.3) is 0 Å². The van der Waals surface area contributed by atoms with Gasteiger partial charge in [0.1, 0.15) is 5.82 Å². The molecule has 96 valence electrons. The van der Waals surface area contributed by atoms with Gasteiger partial charge >= 0.3 is 5.97 Å². The number of nitrogens with zero attached hydrogens (tertiary/aromatic N) is 1. The molecule has 0 atom stereocenters. The van der Waals surface area contributed by atoms with Crippen molar-refractivity contribution < 1.29 is 14.7 Å². The van der Waals surface area contributed by atoms with Crippen molar-refractivity contribution in [3.63, 3.8) is 0 Å². The molecule has 0 aliphatic heterocycles. The zero-order valence-electron chi connectivity index (χ0n) is 10.1. The van der Waals surface area contributed by atoms with Crippen LogP contribution in [0.2, 0.25) is 0 Å². The minimum Gasteiger partial charge on any atom is -0.478 e. The predicted molar refractivity (Wildman–Crippen MR) is 66.4 cm³/mol. The van der Waals surface area contributed by atoms with Gasteiger partial charge in [-0.15, -0.1) is 0 Å². The Bertz CT molecular complexity index is 436. The number of aromatic carboxylic acids is 1. The minimum atomic E-state index is -1.02. The van der Waals surface area contributed by atoms with Gasteiger partial charge in [-0.3, -0.25) is 4.79 Å². The number of hydrogen-bond donors (Lipinski definition) is 2. The third-order valence-electron chi connectivity index (χ3n) is 3.23. The zero-order chi connectivity index (χ0) is 13.0. The molecule has 1 saturated carbocycles. The Labute approximate surface area is 105 Å². The molecule has 1 aliphatic rings. The highest BCUT2D eigenvalue weighted by molar-refractivity contribution is 5.91. The molecule has 1 aliphatic carbocycles. The molecule has 1 fully saturated rings. The smallest absolute Gasteiger partial charge is 0.337 e. The number of amides is 1. The van der Waals surface area contributed by atoms with Crippen molar-refractivity contribution in [1.29, 1.82) is 0 Å². The Balaban J connectivity index is 1.88. The van der Waals surface area contributed by atoms with Crippen LogP contribution in [0.25, 0.3) is 0 Å². The maximum Gasteiger partial charge on any atom is 0.337 e. The van der Waals surface area contributed by atoms with E-state index in [0.717, 1.165) is 12.8 Å². The second kappa shape index (κ2) is 5.62. The topological polar surface area (TPSA) is 79.3 Å². The molecule has 5 heteroatoms. The van der Waals surface area contributed by atoms with Gasteiger partial charge in [0.15, 0.2) is 0 Å². The molecule has 0 spiro atoms. The Kier molecular flexibility index (Phi) is 3.92. The molecule has 18 heavy (non-hydrogen) atoms. The van der Waals surface area contributed by atoms with E-state index in [9.17, 15) is 9.59 Å². The van der Waals surface area contributed by atoms with Crippen LogP contribution in [0.1, 0.15) is 42.5 Å². The summed E-state index contributed by atoms with van der Waals surface area (Å²) >= 11 is 0. The summed E-state index contributed by atoms with van der Waals surface area (Å²) in [5, 5.41) is 11.4. The monoisotopic (exact) mass is 248 g/mol. The van der Waals surface area contributed by atoms with Gasteiger partial charge in [-0.25, -0.2) is 9.78 Å². The second-order valence-corrected chi connectivity index (χ2v) is 4.64. The fourth-order valence-electron chi connectivity index (χ4n) is 2.26. The first kappa shape index (κ1) is 12.5. The zero-order valence-corrected chi connectivity index (χ0v) is 10.1. The summed E-state index contributed by atoms with van der Waals surface area (Å²) in [7, 11) is 0. The number of carboxylic acids is 1. The van der Waals surface area contributed by atoms with Gasteiger partial charge in [0.2, 0.25) is 5.91 Å². The first-order chi connectivity index (χ1) is 8.65. The number of nitrogens with one attached hydrogen (secondary N) is 1. The average Bonchev–Trinajstić information content (AvgIpc) is 2.82. The molecular weight excluding hydrogens is 232 g/mol. The molecule has 0 unspecified atom stereocenters. The van der Waals surface area contributed by atoms with E-state index in [2.05, 4.69) is 10.3 Å². The standard InChI is InChI=1S/C13H16N2O3/c16-12(7-9-3-1-2-4-9)15-11-6-5-10(8-14-11)13(17)18/h5-6,8-9H,1-4,7H2,(H,17,18)(H,14,15,16). The van der Waals surface area contributed by atoms with Crippen molar-refractivity contribution in [2.24, 2.45) is 5.92 Å². The minimum absolute atomic E-state index is 0.0440. The molecule has 0 saturated heterocycles. The molecule has 0 bridgehead atoms. The highest BCUT2D eigenvalue weighted by Crippen LogP contribution is 2.27. The van der Waals surface area contributed by atoms with Crippen LogP contribution >= 0.6 is 0 Å². The first-order valence-corrected chi connectivity index (χ1v) is 6.14. The third-order valence-corrected chi connectivity index (χ3v) is 3.23. The lowest BCUT2D eigenvalue weighted by Gasteiger charge is -2.08. The largest absolute Gasteiger partial charge is 0.478 e. The van der Waals surface area contributed by atoms with Crippen molar-refractivity contribution in [1.82, 2.24) is 4.98 Å². The van der Waals surface area contributed by atoms with Gasteiger partial charge in [-0.1, -0.05) is 12.8 Å². The molecule has 1 aromatic heterocycles. The summed E-state index contributed by atoms with van der Waals surface area (Å²) < 4.78 is 0. The van der Waals surface area contributed by atoms with Gasteiger partial charge in [0, 0.05) is 12.6 Å². The normalized spacial score (nSPS) is 15.6. The molecular formula is C13H16N2O3. The number of carbonyl (C=O) groups is 2. The lowest BCUT2D eigenvalue weighted by atomic mass is 10.0. The molecule has 2 N–H and O–H groups in total. The number of anilines is 1. The first-order valence-electron chi connectivity index (χ1n) is 6.14. The van der Waals surface area contributed by atoms with E-state index in [1.165, 1.54) is 31.2 Å². The van der Waals surface area contributed by atoms with Crippen LogP contribution in [-0.2, 0) is 4.79 Å². The quantitative estimate of drug-likeness (QED) is 0.856. The van der Waals surface area contributed by atoms with Crippen LogP contribution in [-0.4, -0.2) is 22.0 Å². The Morgan fingerprint density at radius 1 is 1.33 bits per heavy atom. The molecule has 0 radical (unpaired) electrons. The van der Waals surface area contributed by atoms with Crippen LogP contribution in [0.3, 0.4) is 0 Å². The summed E-state index contributed by atoms with van der Waals surface area (Å²) in [6.45, 7) is 0. The van der Waals surface area contributed by atoms with Crippen molar-refractivity contribution in [2.45, 2.75) is 32.1 Å². The van der Waals surface area contributed by atoms with Crippen LogP contribution in [0, 0.1) is 5.92 Å². The van der Waals surface area contributed by atoms with Crippen LogP contribution in [0.15, 0.2) is 18.3 Å². The number of carbonyl (C=O) groups excluding carboxylic acids is 1. The van der Waals surface area contributed by atoms with E-state index in [-0.39, 0.29) is 11.5 Å². The van der Waals surface area contributed by atoms with Gasteiger partial charge in [-0.2, -0.15) is 0 Å². The van der Waals surface area contributed by atoms with E-state index >= 15 is 0 Å². The lowest BCUT2D eigenvalue weighted by molar-refractivity contribution is -0.117. The Morgan fingerprint density at radius 3 is 2.61 bits per heavy atom. The summed E-state index contributed by atoms with van der Waals surface area (Å²) in [5.41, 5.74) is 0.115. The van der Waals surface area contributed by atoms with E-state index in [1.54, 1.807) is 0 Å². The van der Waals surface area contributed by atoms with Crippen LogP contribution < -0.4 is 5.32 Å². The highest BCUT2D eigenvalue weighted by Gasteiger charge is 2.18. The number of pyridine rings is 1. The van der Waals surface area contributed by atoms with E-state index in [0.29, 0.717) is 18.2 Å². The molecule has 0 aromatic carbocycles. The van der Waals surface area contributed by atoms with Crippen LogP contribution in [0.5, 0.6) is 0 Å². The molecule has 1 amide bonds. The average molecular weight is 248 g/mol. The van der Waals surface area contributed by atoms with Gasteiger partial charge < -0.3 is 10.4 Å².